The monoisotopic (exact) mass is 378 g/mol. The van der Waals surface area contributed by atoms with Crippen molar-refractivity contribution in [1.29, 1.82) is 0 Å². The molecule has 136 valence electrons. The van der Waals surface area contributed by atoms with Crippen LogP contribution in [0.2, 0.25) is 0 Å². The average Bonchev–Trinajstić information content (AvgIpc) is 3.22. The van der Waals surface area contributed by atoms with Crippen LogP contribution >= 0.6 is 11.3 Å². The van der Waals surface area contributed by atoms with Crippen LogP contribution in [0.25, 0.3) is 16.2 Å². The van der Waals surface area contributed by atoms with Crippen LogP contribution in [0.15, 0.2) is 54.7 Å². The summed E-state index contributed by atoms with van der Waals surface area (Å²) in [7, 11) is 0. The molecule has 6 nitrogen and oxygen atoms in total. The molecule has 2 aromatic heterocycles. The first-order valence-electron chi connectivity index (χ1n) is 8.50. The molecule has 2 aromatic carbocycles. The molecule has 1 N–H and O–H groups in total. The van der Waals surface area contributed by atoms with Crippen LogP contribution in [0.4, 0.5) is 5.13 Å². The molecule has 0 fully saturated rings. The van der Waals surface area contributed by atoms with Gasteiger partial charge in [-0.1, -0.05) is 53.8 Å². The number of fused-ring (bicyclic) bond motifs is 1. The highest BCUT2D eigenvalue weighted by atomic mass is 32.1. The Morgan fingerprint density at radius 2 is 1.96 bits per heavy atom. The zero-order valence-corrected chi connectivity index (χ0v) is 15.8. The number of carbonyl (C=O) groups excluding carboxylic acids is 1. The van der Waals surface area contributed by atoms with Gasteiger partial charge in [0, 0.05) is 5.56 Å². The van der Waals surface area contributed by atoms with Gasteiger partial charge in [-0.3, -0.25) is 10.1 Å². The van der Waals surface area contributed by atoms with Crippen LogP contribution < -0.4 is 10.1 Å². The predicted molar refractivity (Wildman–Crippen MR) is 106 cm³/mol. The quantitative estimate of drug-likeness (QED) is 0.568. The number of aromatic nitrogens is 3. The molecule has 7 heteroatoms. The largest absolute Gasteiger partial charge is 0.483 e. The maximum atomic E-state index is 12.2. The molecular weight excluding hydrogens is 360 g/mol. The molecule has 0 atom stereocenters. The smallest absolute Gasteiger partial charge is 0.264 e. The molecule has 0 aliphatic carbocycles. The first-order valence-corrected chi connectivity index (χ1v) is 9.32. The molecule has 1 amide bonds. The van der Waals surface area contributed by atoms with E-state index in [0.29, 0.717) is 10.9 Å². The number of hydrogen-bond acceptors (Lipinski definition) is 5. The van der Waals surface area contributed by atoms with Gasteiger partial charge in [0.2, 0.25) is 10.1 Å². The molecule has 0 saturated carbocycles. The number of amides is 1. The van der Waals surface area contributed by atoms with Crippen molar-refractivity contribution in [3.63, 3.8) is 0 Å². The highest BCUT2D eigenvalue weighted by molar-refractivity contribution is 7.20. The van der Waals surface area contributed by atoms with E-state index in [-0.39, 0.29) is 12.5 Å². The highest BCUT2D eigenvalue weighted by Crippen LogP contribution is 2.24. The van der Waals surface area contributed by atoms with Gasteiger partial charge in [-0.15, -0.1) is 5.10 Å². The molecule has 0 spiro atoms. The van der Waals surface area contributed by atoms with Gasteiger partial charge in [0.1, 0.15) is 5.75 Å². The summed E-state index contributed by atoms with van der Waals surface area (Å²) in [5.41, 5.74) is 4.04. The Bertz CT molecular complexity index is 1070. The van der Waals surface area contributed by atoms with E-state index in [0.717, 1.165) is 27.3 Å². The molecule has 2 heterocycles. The van der Waals surface area contributed by atoms with Gasteiger partial charge >= 0.3 is 0 Å². The van der Waals surface area contributed by atoms with Gasteiger partial charge in [-0.25, -0.2) is 9.50 Å². The maximum absolute atomic E-state index is 12.2. The van der Waals surface area contributed by atoms with Gasteiger partial charge in [-0.05, 0) is 31.0 Å². The Morgan fingerprint density at radius 3 is 2.74 bits per heavy atom. The Balaban J connectivity index is 1.42. The normalized spacial score (nSPS) is 10.9. The molecule has 0 aliphatic heterocycles. The number of hydrogen-bond donors (Lipinski definition) is 1. The fraction of sp³-hybridized carbons (Fsp3) is 0.150. The van der Waals surface area contributed by atoms with Gasteiger partial charge in [0.05, 0.1) is 11.9 Å². The minimum absolute atomic E-state index is 0.0680. The van der Waals surface area contributed by atoms with Crippen LogP contribution in [0, 0.1) is 13.8 Å². The van der Waals surface area contributed by atoms with Crippen molar-refractivity contribution in [3.05, 3.63) is 65.9 Å². The second-order valence-electron chi connectivity index (χ2n) is 6.16. The number of ether oxygens (including phenoxy) is 1. The third-order valence-corrected chi connectivity index (χ3v) is 5.11. The predicted octanol–water partition coefficient (Wildman–Crippen LogP) is 4.09. The first kappa shape index (κ1) is 17.2. The Kier molecular flexibility index (Phi) is 4.60. The second-order valence-corrected chi connectivity index (χ2v) is 7.12. The molecule has 0 saturated heterocycles. The summed E-state index contributed by atoms with van der Waals surface area (Å²) in [6.07, 6.45) is 1.85. The summed E-state index contributed by atoms with van der Waals surface area (Å²) in [6, 6.07) is 15.7. The molecule has 0 unspecified atom stereocenters. The number of imidazole rings is 1. The van der Waals surface area contributed by atoms with Crippen molar-refractivity contribution in [2.24, 2.45) is 0 Å². The van der Waals surface area contributed by atoms with E-state index >= 15 is 0 Å². The van der Waals surface area contributed by atoms with Crippen LogP contribution in [0.3, 0.4) is 0 Å². The van der Waals surface area contributed by atoms with Crippen LogP contribution in [0.1, 0.15) is 11.1 Å². The lowest BCUT2D eigenvalue weighted by Gasteiger charge is -2.10. The van der Waals surface area contributed by atoms with Crippen molar-refractivity contribution in [2.75, 3.05) is 11.9 Å². The number of aryl methyl sites for hydroxylation is 1. The molecule has 0 radical (unpaired) electrons. The lowest BCUT2D eigenvalue weighted by Crippen LogP contribution is -2.20. The van der Waals surface area contributed by atoms with E-state index in [1.165, 1.54) is 11.3 Å². The highest BCUT2D eigenvalue weighted by Gasteiger charge is 2.12. The van der Waals surface area contributed by atoms with Gasteiger partial charge in [-0.2, -0.15) is 0 Å². The SMILES string of the molecule is Cc1cccc(OCC(=O)Nc2nn3cc(-c4ccccc4)nc3s2)c1C. The maximum Gasteiger partial charge on any atom is 0.264 e. The fourth-order valence-corrected chi connectivity index (χ4v) is 3.48. The number of carbonyl (C=O) groups is 1. The van der Waals surface area contributed by atoms with Gasteiger partial charge in [0.15, 0.2) is 6.61 Å². The van der Waals surface area contributed by atoms with E-state index in [1.807, 2.05) is 68.6 Å². The van der Waals surface area contributed by atoms with Crippen LogP contribution in [0.5, 0.6) is 5.75 Å². The Hall–Kier alpha value is -3.19. The van der Waals surface area contributed by atoms with Crippen molar-refractivity contribution in [2.45, 2.75) is 13.8 Å². The molecular formula is C20H18N4O2S. The first-order chi connectivity index (χ1) is 13.1. The Morgan fingerprint density at radius 1 is 1.15 bits per heavy atom. The number of nitrogens with zero attached hydrogens (tertiary/aromatic N) is 3. The van der Waals surface area contributed by atoms with Crippen molar-refractivity contribution in [1.82, 2.24) is 14.6 Å². The third kappa shape index (κ3) is 3.68. The standard InChI is InChI=1S/C20H18N4O2S/c1-13-7-6-10-17(14(13)2)26-12-18(25)22-19-23-24-11-16(21-20(24)27-19)15-8-4-3-5-9-15/h3-11H,12H2,1-2H3,(H,22,23,25). The minimum atomic E-state index is -0.254. The zero-order chi connectivity index (χ0) is 18.8. The van der Waals surface area contributed by atoms with E-state index in [2.05, 4.69) is 15.4 Å². The van der Waals surface area contributed by atoms with Crippen molar-refractivity contribution >= 4 is 27.3 Å². The van der Waals surface area contributed by atoms with E-state index in [9.17, 15) is 4.79 Å². The average molecular weight is 378 g/mol. The summed E-state index contributed by atoms with van der Waals surface area (Å²) in [5.74, 6) is 0.461. The summed E-state index contributed by atoms with van der Waals surface area (Å²) in [5, 5.41) is 7.63. The van der Waals surface area contributed by atoms with Crippen LogP contribution in [-0.2, 0) is 4.79 Å². The Labute approximate surface area is 160 Å². The molecule has 0 bridgehead atoms. The van der Waals surface area contributed by atoms with Crippen LogP contribution in [-0.4, -0.2) is 27.1 Å². The summed E-state index contributed by atoms with van der Waals surface area (Å²) in [4.78, 5) is 17.5. The minimum Gasteiger partial charge on any atom is -0.483 e. The molecule has 4 aromatic rings. The van der Waals surface area contributed by atoms with E-state index in [1.54, 1.807) is 4.52 Å². The van der Waals surface area contributed by atoms with E-state index < -0.39 is 0 Å². The number of rotatable bonds is 5. The topological polar surface area (TPSA) is 68.5 Å². The van der Waals surface area contributed by atoms with Gasteiger partial charge < -0.3 is 4.74 Å². The van der Waals surface area contributed by atoms with Crippen molar-refractivity contribution in [3.8, 4) is 17.0 Å². The molecule has 4 rings (SSSR count). The fourth-order valence-electron chi connectivity index (χ4n) is 2.68. The second kappa shape index (κ2) is 7.20. The number of anilines is 1. The van der Waals surface area contributed by atoms with E-state index in [4.69, 9.17) is 4.74 Å². The zero-order valence-electron chi connectivity index (χ0n) is 15.0. The summed E-state index contributed by atoms with van der Waals surface area (Å²) >= 11 is 1.32. The molecule has 27 heavy (non-hydrogen) atoms. The van der Waals surface area contributed by atoms with Gasteiger partial charge in [0.25, 0.3) is 5.91 Å². The molecule has 0 aliphatic rings. The number of nitrogens with one attached hydrogen (secondary N) is 1. The van der Waals surface area contributed by atoms with Crippen molar-refractivity contribution < 1.29 is 9.53 Å². The lowest BCUT2D eigenvalue weighted by atomic mass is 10.1. The third-order valence-electron chi connectivity index (χ3n) is 4.27. The lowest BCUT2D eigenvalue weighted by molar-refractivity contribution is -0.118. The number of benzene rings is 2. The summed E-state index contributed by atoms with van der Waals surface area (Å²) < 4.78 is 7.30. The summed E-state index contributed by atoms with van der Waals surface area (Å²) in [6.45, 7) is 3.92.